The van der Waals surface area contributed by atoms with Crippen LogP contribution in [0, 0.1) is 0 Å². The molecule has 0 saturated heterocycles. The zero-order valence-corrected chi connectivity index (χ0v) is 10.1. The topological polar surface area (TPSA) is 54.7 Å². The SMILES string of the molecule is NCC1(c2nc3cc(Cl)c(Cl)cc3[nH]2)CC1. The Hall–Kier alpha value is -0.770. The van der Waals surface area contributed by atoms with Crippen LogP contribution in [0.5, 0.6) is 0 Å². The summed E-state index contributed by atoms with van der Waals surface area (Å²) >= 11 is 11.9. The maximum absolute atomic E-state index is 5.96. The second-order valence-electron chi connectivity index (χ2n) is 4.35. The average molecular weight is 256 g/mol. The lowest BCUT2D eigenvalue weighted by molar-refractivity contribution is 0.662. The van der Waals surface area contributed by atoms with E-state index >= 15 is 0 Å². The zero-order chi connectivity index (χ0) is 11.3. The Labute approximate surface area is 103 Å². The molecule has 1 aromatic heterocycles. The number of nitrogens with two attached hydrogens (primary N) is 1. The zero-order valence-electron chi connectivity index (χ0n) is 8.56. The number of H-pyrrole nitrogens is 1. The van der Waals surface area contributed by atoms with Crippen molar-refractivity contribution < 1.29 is 0 Å². The fourth-order valence-electron chi connectivity index (χ4n) is 1.94. The van der Waals surface area contributed by atoms with Crippen LogP contribution in [0.15, 0.2) is 12.1 Å². The number of halogens is 2. The van der Waals surface area contributed by atoms with E-state index in [1.54, 1.807) is 6.07 Å². The normalized spacial score (nSPS) is 17.9. The van der Waals surface area contributed by atoms with Gasteiger partial charge in [0.1, 0.15) is 5.82 Å². The summed E-state index contributed by atoms with van der Waals surface area (Å²) in [6, 6.07) is 3.59. The third-order valence-electron chi connectivity index (χ3n) is 3.27. The Morgan fingerprint density at radius 2 is 2.00 bits per heavy atom. The summed E-state index contributed by atoms with van der Waals surface area (Å²) in [6.45, 7) is 0.633. The number of aromatic amines is 1. The molecular formula is C11H11Cl2N3. The van der Waals surface area contributed by atoms with Crippen LogP contribution in [0.4, 0.5) is 0 Å². The molecule has 0 unspecified atom stereocenters. The molecule has 1 saturated carbocycles. The van der Waals surface area contributed by atoms with Gasteiger partial charge in [-0.05, 0) is 25.0 Å². The Kier molecular flexibility index (Phi) is 2.18. The summed E-state index contributed by atoms with van der Waals surface area (Å²) in [4.78, 5) is 7.82. The molecule has 3 nitrogen and oxygen atoms in total. The highest BCUT2D eigenvalue weighted by Gasteiger charge is 2.45. The van der Waals surface area contributed by atoms with E-state index in [-0.39, 0.29) is 5.41 Å². The van der Waals surface area contributed by atoms with E-state index in [2.05, 4.69) is 9.97 Å². The molecule has 1 aliphatic rings. The number of nitrogens with one attached hydrogen (secondary N) is 1. The predicted octanol–water partition coefficient (Wildman–Crippen LogP) is 2.86. The molecule has 3 rings (SSSR count). The van der Waals surface area contributed by atoms with E-state index < -0.39 is 0 Å². The van der Waals surface area contributed by atoms with E-state index in [0.717, 1.165) is 29.7 Å². The van der Waals surface area contributed by atoms with Gasteiger partial charge in [0.15, 0.2) is 0 Å². The van der Waals surface area contributed by atoms with Crippen LogP contribution in [0.25, 0.3) is 11.0 Å². The highest BCUT2D eigenvalue weighted by Crippen LogP contribution is 2.46. The van der Waals surface area contributed by atoms with E-state index in [9.17, 15) is 0 Å². The largest absolute Gasteiger partial charge is 0.341 e. The summed E-state index contributed by atoms with van der Waals surface area (Å²) in [7, 11) is 0. The van der Waals surface area contributed by atoms with Crippen LogP contribution in [-0.4, -0.2) is 16.5 Å². The summed E-state index contributed by atoms with van der Waals surface area (Å²) in [6.07, 6.45) is 2.20. The highest BCUT2D eigenvalue weighted by atomic mass is 35.5. The molecule has 84 valence electrons. The van der Waals surface area contributed by atoms with Crippen LogP contribution in [0.2, 0.25) is 10.0 Å². The van der Waals surface area contributed by atoms with Crippen molar-refractivity contribution in [2.45, 2.75) is 18.3 Å². The summed E-state index contributed by atoms with van der Waals surface area (Å²) in [5.74, 6) is 0.961. The van der Waals surface area contributed by atoms with E-state index in [1.165, 1.54) is 0 Å². The first-order valence-corrected chi connectivity index (χ1v) is 5.95. The maximum atomic E-state index is 5.96. The van der Waals surface area contributed by atoms with E-state index in [1.807, 2.05) is 6.07 Å². The summed E-state index contributed by atoms with van der Waals surface area (Å²) in [5, 5.41) is 1.08. The van der Waals surface area contributed by atoms with Gasteiger partial charge in [0.25, 0.3) is 0 Å². The quantitative estimate of drug-likeness (QED) is 0.867. The molecule has 1 heterocycles. The molecule has 0 atom stereocenters. The Morgan fingerprint density at radius 3 is 2.62 bits per heavy atom. The van der Waals surface area contributed by atoms with Crippen LogP contribution < -0.4 is 5.73 Å². The monoisotopic (exact) mass is 255 g/mol. The Bertz CT molecular complexity index is 519. The van der Waals surface area contributed by atoms with Gasteiger partial charge in [-0.3, -0.25) is 0 Å². The lowest BCUT2D eigenvalue weighted by Gasteiger charge is -2.06. The number of imidazole rings is 1. The third-order valence-corrected chi connectivity index (χ3v) is 3.99. The van der Waals surface area contributed by atoms with Crippen molar-refractivity contribution >= 4 is 34.2 Å². The summed E-state index contributed by atoms with van der Waals surface area (Å²) < 4.78 is 0. The van der Waals surface area contributed by atoms with Crippen molar-refractivity contribution in [2.75, 3.05) is 6.54 Å². The molecule has 1 aliphatic carbocycles. The molecule has 2 aromatic rings. The molecule has 16 heavy (non-hydrogen) atoms. The Balaban J connectivity index is 2.16. The van der Waals surface area contributed by atoms with Crippen molar-refractivity contribution in [1.29, 1.82) is 0 Å². The maximum Gasteiger partial charge on any atom is 0.114 e. The Morgan fingerprint density at radius 1 is 1.31 bits per heavy atom. The van der Waals surface area contributed by atoms with Gasteiger partial charge in [0, 0.05) is 12.0 Å². The van der Waals surface area contributed by atoms with Gasteiger partial charge < -0.3 is 10.7 Å². The van der Waals surface area contributed by atoms with Gasteiger partial charge in [-0.15, -0.1) is 0 Å². The molecule has 0 radical (unpaired) electrons. The van der Waals surface area contributed by atoms with Crippen LogP contribution >= 0.6 is 23.2 Å². The van der Waals surface area contributed by atoms with Gasteiger partial charge in [-0.25, -0.2) is 4.98 Å². The van der Waals surface area contributed by atoms with Gasteiger partial charge in [0.05, 0.1) is 21.1 Å². The second-order valence-corrected chi connectivity index (χ2v) is 5.17. The minimum Gasteiger partial charge on any atom is -0.341 e. The first-order valence-electron chi connectivity index (χ1n) is 5.20. The fraction of sp³-hybridized carbons (Fsp3) is 0.364. The number of benzene rings is 1. The van der Waals surface area contributed by atoms with E-state index in [4.69, 9.17) is 28.9 Å². The van der Waals surface area contributed by atoms with Crippen molar-refractivity contribution in [3.05, 3.63) is 28.0 Å². The minimum atomic E-state index is 0.0674. The molecule has 0 aliphatic heterocycles. The molecule has 5 heteroatoms. The molecule has 1 fully saturated rings. The van der Waals surface area contributed by atoms with Gasteiger partial charge >= 0.3 is 0 Å². The number of fused-ring (bicyclic) bond motifs is 1. The first kappa shape index (κ1) is 10.4. The van der Waals surface area contributed by atoms with Crippen LogP contribution in [0.3, 0.4) is 0 Å². The summed E-state index contributed by atoms with van der Waals surface area (Å²) in [5.41, 5.74) is 7.61. The number of aromatic nitrogens is 2. The number of rotatable bonds is 2. The molecule has 1 aromatic carbocycles. The van der Waals surface area contributed by atoms with Crippen molar-refractivity contribution in [3.8, 4) is 0 Å². The van der Waals surface area contributed by atoms with Crippen molar-refractivity contribution in [1.82, 2.24) is 9.97 Å². The molecule has 3 N–H and O–H groups in total. The molecule has 0 amide bonds. The molecular weight excluding hydrogens is 245 g/mol. The minimum absolute atomic E-state index is 0.0674. The second kappa shape index (κ2) is 3.36. The smallest absolute Gasteiger partial charge is 0.114 e. The predicted molar refractivity (Wildman–Crippen MR) is 66.1 cm³/mol. The number of nitrogens with zero attached hydrogens (tertiary/aromatic N) is 1. The van der Waals surface area contributed by atoms with Gasteiger partial charge in [0.2, 0.25) is 0 Å². The lowest BCUT2D eigenvalue weighted by atomic mass is 10.1. The van der Waals surface area contributed by atoms with Crippen LogP contribution in [0.1, 0.15) is 18.7 Å². The van der Waals surface area contributed by atoms with Crippen LogP contribution in [-0.2, 0) is 5.41 Å². The van der Waals surface area contributed by atoms with Crippen molar-refractivity contribution in [3.63, 3.8) is 0 Å². The third kappa shape index (κ3) is 1.43. The molecule has 0 spiro atoms. The average Bonchev–Trinajstić information content (AvgIpc) is 2.96. The van der Waals surface area contributed by atoms with Crippen molar-refractivity contribution in [2.24, 2.45) is 5.73 Å². The number of hydrogen-bond acceptors (Lipinski definition) is 2. The first-order chi connectivity index (χ1) is 7.64. The lowest BCUT2D eigenvalue weighted by Crippen LogP contribution is -2.20. The van der Waals surface area contributed by atoms with Gasteiger partial charge in [-0.1, -0.05) is 23.2 Å². The highest BCUT2D eigenvalue weighted by molar-refractivity contribution is 6.42. The standard InChI is InChI=1S/C11H11Cl2N3/c12-6-3-8-9(4-7(6)13)16-10(15-8)11(5-14)1-2-11/h3-4H,1-2,5,14H2,(H,15,16). The van der Waals surface area contributed by atoms with Gasteiger partial charge in [-0.2, -0.15) is 0 Å². The number of hydrogen-bond donors (Lipinski definition) is 2. The van der Waals surface area contributed by atoms with E-state index in [0.29, 0.717) is 16.6 Å². The fourth-order valence-corrected chi connectivity index (χ4v) is 2.27. The molecule has 0 bridgehead atoms.